The number of hydrogen-bond donors (Lipinski definition) is 1. The van der Waals surface area contributed by atoms with Crippen molar-refractivity contribution in [2.75, 3.05) is 27.2 Å². The van der Waals surface area contributed by atoms with Crippen molar-refractivity contribution < 1.29 is 22.7 Å². The van der Waals surface area contributed by atoms with Crippen LogP contribution in [0.15, 0.2) is 53.4 Å². The number of nitrogens with one attached hydrogen (secondary N) is 1. The number of amides is 1. The molecule has 30 heavy (non-hydrogen) atoms. The van der Waals surface area contributed by atoms with Crippen LogP contribution in [0, 0.1) is 0 Å². The highest BCUT2D eigenvalue weighted by atomic mass is 32.2. The Bertz CT molecular complexity index is 940. The van der Waals surface area contributed by atoms with Crippen molar-refractivity contribution in [1.29, 1.82) is 0 Å². The lowest BCUT2D eigenvalue weighted by Crippen LogP contribution is -2.38. The topological polar surface area (TPSA) is 84.9 Å². The Hall–Kier alpha value is -2.58. The van der Waals surface area contributed by atoms with Crippen LogP contribution in [0.2, 0.25) is 0 Å². The average Bonchev–Trinajstić information content (AvgIpc) is 2.71. The average molecular weight is 435 g/mol. The Morgan fingerprint density at radius 2 is 1.67 bits per heavy atom. The Balaban J connectivity index is 1.81. The molecule has 0 radical (unpaired) electrons. The Labute approximate surface area is 179 Å². The van der Waals surface area contributed by atoms with Crippen LogP contribution in [0.3, 0.4) is 0 Å². The minimum absolute atomic E-state index is 0.195. The lowest BCUT2D eigenvalue weighted by molar-refractivity contribution is -0.127. The molecule has 2 rings (SSSR count). The number of rotatable bonds is 10. The molecule has 1 N–H and O–H groups in total. The van der Waals surface area contributed by atoms with E-state index in [1.165, 1.54) is 26.2 Å². The summed E-state index contributed by atoms with van der Waals surface area (Å²) in [6, 6.07) is 13.9. The highest BCUT2D eigenvalue weighted by Gasteiger charge is 2.18. The maximum absolute atomic E-state index is 12.3. The zero-order valence-corrected chi connectivity index (χ0v) is 18.9. The number of ether oxygens (including phenoxy) is 2. The third-order valence-corrected chi connectivity index (χ3v) is 6.32. The van der Waals surface area contributed by atoms with Gasteiger partial charge in [0.25, 0.3) is 5.91 Å². The smallest absolute Gasteiger partial charge is 0.260 e. The molecule has 8 heteroatoms. The second kappa shape index (κ2) is 10.4. The summed E-state index contributed by atoms with van der Waals surface area (Å²) in [6.07, 6.45) is -0.638. The van der Waals surface area contributed by atoms with Crippen LogP contribution in [-0.4, -0.2) is 52.0 Å². The van der Waals surface area contributed by atoms with Gasteiger partial charge in [-0.15, -0.1) is 0 Å². The van der Waals surface area contributed by atoms with Crippen molar-refractivity contribution in [2.24, 2.45) is 0 Å². The normalized spacial score (nSPS) is 12.6. The monoisotopic (exact) mass is 434 g/mol. The zero-order chi connectivity index (χ0) is 22.3. The third-order valence-electron chi connectivity index (χ3n) is 4.49. The molecule has 164 valence electrons. The third kappa shape index (κ3) is 6.21. The van der Waals surface area contributed by atoms with E-state index in [1.54, 1.807) is 19.1 Å². The molecule has 0 saturated heterocycles. The van der Waals surface area contributed by atoms with Gasteiger partial charge in [0.05, 0.1) is 11.4 Å². The number of hydrogen-bond acceptors (Lipinski definition) is 5. The van der Waals surface area contributed by atoms with E-state index < -0.39 is 16.1 Å². The predicted molar refractivity (Wildman–Crippen MR) is 116 cm³/mol. The van der Waals surface area contributed by atoms with Gasteiger partial charge >= 0.3 is 0 Å². The molecule has 7 nitrogen and oxygen atoms in total. The van der Waals surface area contributed by atoms with E-state index in [1.807, 2.05) is 24.3 Å². The van der Waals surface area contributed by atoms with Crippen LogP contribution < -0.4 is 14.8 Å². The standard InChI is InChI=1S/C22H30N2O5S/c1-16(2)20-8-6-7-9-21(20)29-17(3)22(25)23-14-15-28-18-10-12-19(13-11-18)30(26,27)24(4)5/h6-13,16-17H,14-15H2,1-5H3,(H,23,25)/t17-/m0/s1. The summed E-state index contributed by atoms with van der Waals surface area (Å²) in [5.41, 5.74) is 1.06. The number of para-hydroxylation sites is 1. The summed E-state index contributed by atoms with van der Waals surface area (Å²) in [4.78, 5) is 12.5. The van der Waals surface area contributed by atoms with Gasteiger partial charge in [-0.25, -0.2) is 12.7 Å². The Morgan fingerprint density at radius 1 is 1.03 bits per heavy atom. The molecule has 2 aromatic rings. The first-order valence-electron chi connectivity index (χ1n) is 9.81. The van der Waals surface area contributed by atoms with E-state index in [4.69, 9.17) is 9.47 Å². The van der Waals surface area contributed by atoms with E-state index >= 15 is 0 Å². The number of carbonyl (C=O) groups excluding carboxylic acids is 1. The van der Waals surface area contributed by atoms with Gasteiger partial charge in [-0.2, -0.15) is 0 Å². The predicted octanol–water partition coefficient (Wildman–Crippen LogP) is 3.02. The number of sulfonamides is 1. The molecule has 1 atom stereocenters. The first kappa shape index (κ1) is 23.7. The minimum atomic E-state index is -3.47. The van der Waals surface area contributed by atoms with E-state index in [9.17, 15) is 13.2 Å². The summed E-state index contributed by atoms with van der Waals surface area (Å²) in [6.45, 7) is 6.41. The summed E-state index contributed by atoms with van der Waals surface area (Å²) < 4.78 is 36.7. The van der Waals surface area contributed by atoms with Crippen molar-refractivity contribution in [2.45, 2.75) is 37.7 Å². The SMILES string of the molecule is CC(C)c1ccccc1O[C@@H](C)C(=O)NCCOc1ccc(S(=O)(=O)N(C)C)cc1. The van der Waals surface area contributed by atoms with Gasteiger partial charge in [0.2, 0.25) is 10.0 Å². The van der Waals surface area contributed by atoms with Crippen LogP contribution in [0.25, 0.3) is 0 Å². The van der Waals surface area contributed by atoms with E-state index in [0.29, 0.717) is 24.0 Å². The summed E-state index contributed by atoms with van der Waals surface area (Å²) in [7, 11) is -0.506. The Morgan fingerprint density at radius 3 is 2.27 bits per heavy atom. The van der Waals surface area contributed by atoms with E-state index in [0.717, 1.165) is 9.87 Å². The summed E-state index contributed by atoms with van der Waals surface area (Å²) in [5.74, 6) is 1.30. The molecule has 0 aliphatic rings. The maximum atomic E-state index is 12.3. The fraction of sp³-hybridized carbons (Fsp3) is 0.409. The van der Waals surface area contributed by atoms with Gasteiger partial charge in [-0.1, -0.05) is 32.0 Å². The maximum Gasteiger partial charge on any atom is 0.260 e. The lowest BCUT2D eigenvalue weighted by atomic mass is 10.0. The summed E-state index contributed by atoms with van der Waals surface area (Å²) in [5, 5.41) is 2.78. The van der Waals surface area contributed by atoms with Gasteiger partial charge < -0.3 is 14.8 Å². The number of benzene rings is 2. The van der Waals surface area contributed by atoms with Gasteiger partial charge in [-0.3, -0.25) is 4.79 Å². The van der Waals surface area contributed by atoms with Crippen LogP contribution in [0.1, 0.15) is 32.3 Å². The molecule has 0 saturated carbocycles. The van der Waals surface area contributed by atoms with Crippen LogP contribution in [-0.2, 0) is 14.8 Å². The molecular weight excluding hydrogens is 404 g/mol. The molecule has 0 aliphatic carbocycles. The molecule has 0 fully saturated rings. The highest BCUT2D eigenvalue weighted by molar-refractivity contribution is 7.89. The quantitative estimate of drug-likeness (QED) is 0.581. The van der Waals surface area contributed by atoms with Crippen molar-refractivity contribution in [3.63, 3.8) is 0 Å². The number of nitrogens with zero attached hydrogens (tertiary/aromatic N) is 1. The second-order valence-corrected chi connectivity index (χ2v) is 9.50. The van der Waals surface area contributed by atoms with E-state index in [2.05, 4.69) is 19.2 Å². The molecule has 0 aromatic heterocycles. The molecule has 0 heterocycles. The lowest BCUT2D eigenvalue weighted by Gasteiger charge is -2.18. The molecule has 0 aliphatic heterocycles. The van der Waals surface area contributed by atoms with Gasteiger partial charge in [0, 0.05) is 14.1 Å². The first-order valence-corrected chi connectivity index (χ1v) is 11.3. The van der Waals surface area contributed by atoms with E-state index in [-0.39, 0.29) is 17.4 Å². The molecule has 0 spiro atoms. The Kier molecular flexibility index (Phi) is 8.25. The molecule has 2 aromatic carbocycles. The van der Waals surface area contributed by atoms with Gasteiger partial charge in [-0.05, 0) is 48.7 Å². The fourth-order valence-electron chi connectivity index (χ4n) is 2.71. The first-order chi connectivity index (χ1) is 14.1. The van der Waals surface area contributed by atoms with Gasteiger partial charge in [0.15, 0.2) is 6.10 Å². The molecule has 1 amide bonds. The largest absolute Gasteiger partial charge is 0.492 e. The minimum Gasteiger partial charge on any atom is -0.492 e. The van der Waals surface area contributed by atoms with Crippen molar-refractivity contribution in [3.8, 4) is 11.5 Å². The van der Waals surface area contributed by atoms with Gasteiger partial charge in [0.1, 0.15) is 18.1 Å². The van der Waals surface area contributed by atoms with Crippen LogP contribution in [0.5, 0.6) is 11.5 Å². The highest BCUT2D eigenvalue weighted by Crippen LogP contribution is 2.26. The fourth-order valence-corrected chi connectivity index (χ4v) is 3.62. The van der Waals surface area contributed by atoms with Crippen molar-refractivity contribution in [3.05, 3.63) is 54.1 Å². The molecule has 0 unspecified atom stereocenters. The number of carbonyl (C=O) groups is 1. The van der Waals surface area contributed by atoms with Crippen LogP contribution >= 0.6 is 0 Å². The molecule has 0 bridgehead atoms. The second-order valence-electron chi connectivity index (χ2n) is 7.35. The molecular formula is C22H30N2O5S. The zero-order valence-electron chi connectivity index (χ0n) is 18.1. The summed E-state index contributed by atoms with van der Waals surface area (Å²) >= 11 is 0. The van der Waals surface area contributed by atoms with Crippen LogP contribution in [0.4, 0.5) is 0 Å². The van der Waals surface area contributed by atoms with Crippen molar-refractivity contribution in [1.82, 2.24) is 9.62 Å². The van der Waals surface area contributed by atoms with Crippen molar-refractivity contribution >= 4 is 15.9 Å².